The number of aliphatic hydroxyl groups excluding tert-OH is 1. The molecule has 0 heterocycles. The van der Waals surface area contributed by atoms with Crippen molar-refractivity contribution in [1.82, 2.24) is 0 Å². The maximum atomic E-state index is 13.3. The van der Waals surface area contributed by atoms with Gasteiger partial charge in [0, 0.05) is 0 Å². The van der Waals surface area contributed by atoms with E-state index in [1.165, 1.54) is 12.1 Å². The van der Waals surface area contributed by atoms with E-state index in [9.17, 15) is 9.50 Å². The zero-order chi connectivity index (χ0) is 12.4. The van der Waals surface area contributed by atoms with Crippen molar-refractivity contribution in [2.75, 3.05) is 0 Å². The van der Waals surface area contributed by atoms with Crippen LogP contribution in [0.5, 0.6) is 0 Å². The Labute approximate surface area is 112 Å². The molecule has 1 atom stereocenters. The lowest BCUT2D eigenvalue weighted by atomic mass is 10.0. The van der Waals surface area contributed by atoms with E-state index < -0.39 is 11.9 Å². The van der Waals surface area contributed by atoms with Crippen LogP contribution in [0.4, 0.5) is 4.39 Å². The third-order valence-corrected chi connectivity index (χ3v) is 3.29. The molecule has 2 aromatic rings. The summed E-state index contributed by atoms with van der Waals surface area (Å²) in [6, 6.07) is 12.1. The van der Waals surface area contributed by atoms with Crippen molar-refractivity contribution in [3.05, 3.63) is 68.9 Å². The average molecular weight is 316 g/mol. The Morgan fingerprint density at radius 2 is 1.76 bits per heavy atom. The third kappa shape index (κ3) is 2.68. The molecule has 0 aliphatic rings. The average Bonchev–Trinajstić information content (AvgIpc) is 2.35. The molecule has 0 saturated heterocycles. The van der Waals surface area contributed by atoms with Gasteiger partial charge in [0.05, 0.1) is 9.50 Å². The first-order chi connectivity index (χ1) is 8.09. The maximum Gasteiger partial charge on any atom is 0.155 e. The molecule has 4 heteroatoms. The fraction of sp³-hybridized carbons (Fsp3) is 0.0769. The van der Waals surface area contributed by atoms with Crippen molar-refractivity contribution in [1.29, 1.82) is 0 Å². The fourth-order valence-electron chi connectivity index (χ4n) is 1.56. The highest BCUT2D eigenvalue weighted by Gasteiger charge is 2.14. The van der Waals surface area contributed by atoms with E-state index in [2.05, 4.69) is 15.9 Å². The van der Waals surface area contributed by atoms with Gasteiger partial charge in [0.2, 0.25) is 0 Å². The van der Waals surface area contributed by atoms with Gasteiger partial charge in [-0.2, -0.15) is 0 Å². The lowest BCUT2D eigenvalue weighted by Gasteiger charge is -2.12. The summed E-state index contributed by atoms with van der Waals surface area (Å²) in [5.41, 5.74) is 1.29. The van der Waals surface area contributed by atoms with Crippen LogP contribution < -0.4 is 0 Å². The van der Waals surface area contributed by atoms with Gasteiger partial charge in [0.25, 0.3) is 0 Å². The van der Waals surface area contributed by atoms with E-state index in [4.69, 9.17) is 11.6 Å². The molecule has 2 rings (SSSR count). The third-order valence-electron chi connectivity index (χ3n) is 2.44. The molecule has 0 aliphatic heterocycles. The van der Waals surface area contributed by atoms with Crippen molar-refractivity contribution in [2.45, 2.75) is 6.10 Å². The van der Waals surface area contributed by atoms with E-state index in [0.29, 0.717) is 5.56 Å². The SMILES string of the molecule is OC(c1ccccc1)c1cc(Cl)c(F)c(Br)c1. The normalized spacial score (nSPS) is 12.5. The van der Waals surface area contributed by atoms with Crippen LogP contribution in [0, 0.1) is 5.82 Å². The molecule has 1 unspecified atom stereocenters. The lowest BCUT2D eigenvalue weighted by Crippen LogP contribution is -2.00. The van der Waals surface area contributed by atoms with Gasteiger partial charge in [-0.3, -0.25) is 0 Å². The summed E-state index contributed by atoms with van der Waals surface area (Å²) in [6.45, 7) is 0. The van der Waals surface area contributed by atoms with Crippen LogP contribution in [0.1, 0.15) is 17.2 Å². The largest absolute Gasteiger partial charge is 0.384 e. The molecule has 0 spiro atoms. The second-order valence-electron chi connectivity index (χ2n) is 3.61. The Hall–Kier alpha value is -0.900. The smallest absolute Gasteiger partial charge is 0.155 e. The van der Waals surface area contributed by atoms with Gasteiger partial charge in [-0.25, -0.2) is 4.39 Å². The minimum absolute atomic E-state index is 0.00986. The number of hydrogen-bond acceptors (Lipinski definition) is 1. The number of aliphatic hydroxyl groups is 1. The van der Waals surface area contributed by atoms with Gasteiger partial charge in [0.15, 0.2) is 5.82 Å². The van der Waals surface area contributed by atoms with Crippen molar-refractivity contribution in [2.24, 2.45) is 0 Å². The van der Waals surface area contributed by atoms with Crippen LogP contribution in [-0.4, -0.2) is 5.11 Å². The van der Waals surface area contributed by atoms with Crippen molar-refractivity contribution < 1.29 is 9.50 Å². The Balaban J connectivity index is 2.41. The highest BCUT2D eigenvalue weighted by molar-refractivity contribution is 9.10. The lowest BCUT2D eigenvalue weighted by molar-refractivity contribution is 0.220. The Morgan fingerprint density at radius 1 is 1.12 bits per heavy atom. The molecular weight excluding hydrogens is 306 g/mol. The van der Waals surface area contributed by atoms with Gasteiger partial charge in [-0.15, -0.1) is 0 Å². The molecule has 2 aromatic carbocycles. The maximum absolute atomic E-state index is 13.3. The summed E-state index contributed by atoms with van der Waals surface area (Å²) in [5, 5.41) is 10.1. The summed E-state index contributed by atoms with van der Waals surface area (Å²) < 4.78 is 13.6. The van der Waals surface area contributed by atoms with E-state index >= 15 is 0 Å². The highest BCUT2D eigenvalue weighted by atomic mass is 79.9. The number of hydrogen-bond donors (Lipinski definition) is 1. The summed E-state index contributed by atoms with van der Waals surface area (Å²) in [7, 11) is 0. The Morgan fingerprint density at radius 3 is 2.35 bits per heavy atom. The molecule has 0 aliphatic carbocycles. The van der Waals surface area contributed by atoms with Crippen molar-refractivity contribution in [3.63, 3.8) is 0 Å². The van der Waals surface area contributed by atoms with Crippen molar-refractivity contribution >= 4 is 27.5 Å². The Kier molecular flexibility index (Phi) is 3.82. The number of rotatable bonds is 2. The minimum atomic E-state index is -0.814. The molecule has 0 aromatic heterocycles. The standard InChI is InChI=1S/C13H9BrClFO/c14-10-6-9(7-11(15)12(10)16)13(17)8-4-2-1-3-5-8/h1-7,13,17H. The summed E-state index contributed by atoms with van der Waals surface area (Å²) in [6.07, 6.45) is -0.814. The van der Waals surface area contributed by atoms with E-state index in [1.54, 1.807) is 12.1 Å². The van der Waals surface area contributed by atoms with Gasteiger partial charge in [0.1, 0.15) is 6.10 Å². The second-order valence-corrected chi connectivity index (χ2v) is 4.87. The molecule has 0 radical (unpaired) electrons. The zero-order valence-corrected chi connectivity index (χ0v) is 11.0. The van der Waals surface area contributed by atoms with Crippen LogP contribution >= 0.6 is 27.5 Å². The van der Waals surface area contributed by atoms with Gasteiger partial charge < -0.3 is 5.11 Å². The number of benzene rings is 2. The quantitative estimate of drug-likeness (QED) is 0.818. The van der Waals surface area contributed by atoms with Crippen LogP contribution in [0.15, 0.2) is 46.9 Å². The van der Waals surface area contributed by atoms with Gasteiger partial charge in [-0.05, 0) is 39.2 Å². The predicted octanol–water partition coefficient (Wildman–Crippen LogP) is 4.32. The van der Waals surface area contributed by atoms with E-state index in [-0.39, 0.29) is 9.50 Å². The molecule has 0 saturated carbocycles. The fourth-order valence-corrected chi connectivity index (χ4v) is 2.38. The molecule has 0 amide bonds. The molecule has 1 nitrogen and oxygen atoms in total. The highest BCUT2D eigenvalue weighted by Crippen LogP contribution is 2.30. The summed E-state index contributed by atoms with van der Waals surface area (Å²) in [5.74, 6) is -0.518. The van der Waals surface area contributed by atoms with E-state index in [0.717, 1.165) is 5.56 Å². The number of halogens is 3. The first-order valence-corrected chi connectivity index (χ1v) is 6.14. The Bertz CT molecular complexity index is 507. The zero-order valence-electron chi connectivity index (χ0n) is 8.70. The van der Waals surface area contributed by atoms with Gasteiger partial charge >= 0.3 is 0 Å². The van der Waals surface area contributed by atoms with Crippen LogP contribution in [0.25, 0.3) is 0 Å². The van der Waals surface area contributed by atoms with Crippen LogP contribution in [-0.2, 0) is 0 Å². The monoisotopic (exact) mass is 314 g/mol. The first-order valence-electron chi connectivity index (χ1n) is 4.97. The van der Waals surface area contributed by atoms with Gasteiger partial charge in [-0.1, -0.05) is 41.9 Å². The molecule has 0 bridgehead atoms. The molecule has 1 N–H and O–H groups in total. The minimum Gasteiger partial charge on any atom is -0.384 e. The molecular formula is C13H9BrClFO. The summed E-state index contributed by atoms with van der Waals surface area (Å²) in [4.78, 5) is 0. The van der Waals surface area contributed by atoms with Crippen molar-refractivity contribution in [3.8, 4) is 0 Å². The topological polar surface area (TPSA) is 20.2 Å². The second kappa shape index (κ2) is 5.17. The first kappa shape index (κ1) is 12.6. The molecule has 0 fully saturated rings. The van der Waals surface area contributed by atoms with Crippen LogP contribution in [0.2, 0.25) is 5.02 Å². The predicted molar refractivity (Wildman–Crippen MR) is 69.6 cm³/mol. The van der Waals surface area contributed by atoms with Crippen LogP contribution in [0.3, 0.4) is 0 Å². The van der Waals surface area contributed by atoms with E-state index in [1.807, 2.05) is 18.2 Å². The summed E-state index contributed by atoms with van der Waals surface area (Å²) >= 11 is 8.80. The molecule has 88 valence electrons. The molecule has 17 heavy (non-hydrogen) atoms.